The highest BCUT2D eigenvalue weighted by atomic mass is 35.5. The van der Waals surface area contributed by atoms with Gasteiger partial charge in [-0.3, -0.25) is 4.79 Å². The fraction of sp³-hybridized carbons (Fsp3) is 0.467. The van der Waals surface area contributed by atoms with Crippen LogP contribution in [0.1, 0.15) is 18.5 Å². The van der Waals surface area contributed by atoms with Crippen molar-refractivity contribution in [2.24, 2.45) is 11.1 Å². The molecule has 8 heteroatoms. The summed E-state index contributed by atoms with van der Waals surface area (Å²) in [7, 11) is 0. The van der Waals surface area contributed by atoms with Crippen molar-refractivity contribution in [3.05, 3.63) is 29.5 Å². The number of rotatable bonds is 5. The summed E-state index contributed by atoms with van der Waals surface area (Å²) >= 11 is 1.50. The third-order valence-corrected chi connectivity index (χ3v) is 4.94. The molecule has 126 valence electrons. The third-order valence-electron chi connectivity index (χ3n) is 4.04. The van der Waals surface area contributed by atoms with Crippen LogP contribution in [0.25, 0.3) is 10.8 Å². The highest BCUT2D eigenvalue weighted by Gasteiger charge is 2.38. The first kappa shape index (κ1) is 17.9. The van der Waals surface area contributed by atoms with Crippen molar-refractivity contribution in [2.75, 3.05) is 19.8 Å². The van der Waals surface area contributed by atoms with Crippen LogP contribution >= 0.6 is 23.7 Å². The summed E-state index contributed by atoms with van der Waals surface area (Å²) < 4.78 is 10.6. The molecule has 2 aromatic rings. The van der Waals surface area contributed by atoms with E-state index in [1.807, 2.05) is 17.5 Å². The van der Waals surface area contributed by atoms with Gasteiger partial charge in [0.25, 0.3) is 0 Å². The molecule has 6 nitrogen and oxygen atoms in total. The number of aromatic nitrogens is 1. The first-order chi connectivity index (χ1) is 10.7. The summed E-state index contributed by atoms with van der Waals surface area (Å²) in [6.45, 7) is 1.92. The molecular formula is C15H20ClN3O3S. The Labute approximate surface area is 144 Å². The number of hydrogen-bond acceptors (Lipinski definition) is 6. The first-order valence-corrected chi connectivity index (χ1v) is 8.16. The first-order valence-electron chi connectivity index (χ1n) is 7.28. The predicted molar refractivity (Wildman–Crippen MR) is 90.5 cm³/mol. The van der Waals surface area contributed by atoms with Crippen LogP contribution in [-0.4, -0.2) is 30.6 Å². The van der Waals surface area contributed by atoms with E-state index < -0.39 is 5.41 Å². The zero-order valence-electron chi connectivity index (χ0n) is 12.6. The van der Waals surface area contributed by atoms with Gasteiger partial charge in [-0.1, -0.05) is 0 Å². The van der Waals surface area contributed by atoms with E-state index in [0.29, 0.717) is 39.1 Å². The summed E-state index contributed by atoms with van der Waals surface area (Å²) in [5, 5.41) is 5.70. The zero-order valence-corrected chi connectivity index (χ0v) is 14.3. The Hall–Kier alpha value is -1.41. The van der Waals surface area contributed by atoms with Crippen molar-refractivity contribution >= 4 is 29.7 Å². The second kappa shape index (κ2) is 7.92. The largest absolute Gasteiger partial charge is 0.462 e. The highest BCUT2D eigenvalue weighted by molar-refractivity contribution is 7.13. The minimum absolute atomic E-state index is 0. The summed E-state index contributed by atoms with van der Waals surface area (Å²) in [6, 6.07) is 3.70. The van der Waals surface area contributed by atoms with Crippen LogP contribution in [0.15, 0.2) is 28.2 Å². The summed E-state index contributed by atoms with van der Waals surface area (Å²) in [5.41, 5.74) is 6.16. The number of nitrogens with one attached hydrogen (secondary N) is 1. The molecule has 0 bridgehead atoms. The van der Waals surface area contributed by atoms with E-state index in [-0.39, 0.29) is 18.3 Å². The molecule has 0 atom stereocenters. The number of carbonyl (C=O) groups is 1. The van der Waals surface area contributed by atoms with Gasteiger partial charge in [0.05, 0.1) is 23.9 Å². The molecule has 0 unspecified atom stereocenters. The smallest absolute Gasteiger partial charge is 0.227 e. The lowest BCUT2D eigenvalue weighted by Gasteiger charge is -2.34. The molecule has 3 rings (SSSR count). The minimum atomic E-state index is -0.502. The van der Waals surface area contributed by atoms with Crippen molar-refractivity contribution in [2.45, 2.75) is 19.4 Å². The Morgan fingerprint density at radius 3 is 2.87 bits per heavy atom. The van der Waals surface area contributed by atoms with Crippen LogP contribution in [0.3, 0.4) is 0 Å². The summed E-state index contributed by atoms with van der Waals surface area (Å²) in [4.78, 5) is 16.9. The average Bonchev–Trinajstić information content (AvgIpc) is 3.24. The average molecular weight is 358 g/mol. The molecule has 1 fully saturated rings. The Bertz CT molecular complexity index is 624. The second-order valence-corrected chi connectivity index (χ2v) is 6.26. The van der Waals surface area contributed by atoms with E-state index in [1.165, 1.54) is 11.3 Å². The van der Waals surface area contributed by atoms with E-state index in [4.69, 9.17) is 14.9 Å². The number of thiazole rings is 1. The van der Waals surface area contributed by atoms with Crippen molar-refractivity contribution < 1.29 is 13.9 Å². The normalized spacial score (nSPS) is 16.6. The van der Waals surface area contributed by atoms with Gasteiger partial charge in [-0.05, 0) is 25.0 Å². The fourth-order valence-corrected chi connectivity index (χ4v) is 3.33. The van der Waals surface area contributed by atoms with Crippen LogP contribution in [0.4, 0.5) is 0 Å². The van der Waals surface area contributed by atoms with Gasteiger partial charge in [0.1, 0.15) is 0 Å². The van der Waals surface area contributed by atoms with Crippen molar-refractivity contribution in [1.82, 2.24) is 10.3 Å². The zero-order chi connectivity index (χ0) is 15.4. The monoisotopic (exact) mass is 357 g/mol. The van der Waals surface area contributed by atoms with Crippen molar-refractivity contribution in [3.8, 4) is 10.8 Å². The molecule has 0 saturated carbocycles. The van der Waals surface area contributed by atoms with E-state index in [2.05, 4.69) is 10.3 Å². The van der Waals surface area contributed by atoms with Gasteiger partial charge in [-0.15, -0.1) is 23.7 Å². The molecule has 0 aromatic carbocycles. The van der Waals surface area contributed by atoms with Gasteiger partial charge in [-0.2, -0.15) is 0 Å². The molecule has 1 amide bonds. The fourth-order valence-electron chi connectivity index (χ4n) is 2.55. The topological polar surface area (TPSA) is 90.4 Å². The molecule has 0 radical (unpaired) electrons. The maximum atomic E-state index is 12.5. The van der Waals surface area contributed by atoms with Crippen LogP contribution in [0, 0.1) is 5.41 Å². The number of ether oxygens (including phenoxy) is 1. The summed E-state index contributed by atoms with van der Waals surface area (Å²) in [5.74, 6) is 0.733. The molecule has 0 aliphatic carbocycles. The number of nitrogens with zero attached hydrogens (tertiary/aromatic N) is 1. The van der Waals surface area contributed by atoms with Crippen LogP contribution in [0.5, 0.6) is 0 Å². The van der Waals surface area contributed by atoms with Gasteiger partial charge in [0, 0.05) is 25.1 Å². The molecule has 2 aromatic heterocycles. The van der Waals surface area contributed by atoms with Crippen LogP contribution in [0.2, 0.25) is 0 Å². The maximum Gasteiger partial charge on any atom is 0.227 e. The van der Waals surface area contributed by atoms with Gasteiger partial charge >= 0.3 is 0 Å². The van der Waals surface area contributed by atoms with Gasteiger partial charge in [0.2, 0.25) is 5.91 Å². The second-order valence-electron chi connectivity index (χ2n) is 5.40. The Morgan fingerprint density at radius 2 is 2.22 bits per heavy atom. The molecule has 1 aliphatic rings. The van der Waals surface area contributed by atoms with E-state index in [9.17, 15) is 4.79 Å². The molecule has 1 aliphatic heterocycles. The van der Waals surface area contributed by atoms with Gasteiger partial charge in [0.15, 0.2) is 10.8 Å². The standard InChI is InChI=1S/C15H19N3O3S.ClH/c16-10-15(3-6-20-7-4-15)14(19)17-8-11-9-22-13(18-11)12-2-1-5-21-12;/h1-2,5,9H,3-4,6-8,10,16H2,(H,17,19);1H. The Kier molecular flexibility index (Phi) is 6.17. The van der Waals surface area contributed by atoms with E-state index in [0.717, 1.165) is 16.5 Å². The Morgan fingerprint density at radius 1 is 1.43 bits per heavy atom. The lowest BCUT2D eigenvalue weighted by atomic mass is 9.79. The maximum absolute atomic E-state index is 12.5. The number of nitrogens with two attached hydrogens (primary N) is 1. The minimum Gasteiger partial charge on any atom is -0.462 e. The Balaban J connectivity index is 0.00000192. The quantitative estimate of drug-likeness (QED) is 0.856. The number of carbonyl (C=O) groups excluding carboxylic acids is 1. The molecule has 1 saturated heterocycles. The van der Waals surface area contributed by atoms with Gasteiger partial charge in [-0.25, -0.2) is 4.98 Å². The molecule has 3 N–H and O–H groups in total. The SMILES string of the molecule is Cl.NCC1(C(=O)NCc2csc(-c3ccco3)n2)CCOCC1. The molecule has 23 heavy (non-hydrogen) atoms. The molecule has 3 heterocycles. The number of hydrogen-bond donors (Lipinski definition) is 2. The molecule has 0 spiro atoms. The highest BCUT2D eigenvalue weighted by Crippen LogP contribution is 2.30. The predicted octanol–water partition coefficient (Wildman–Crippen LogP) is 2.20. The number of furan rings is 1. The lowest BCUT2D eigenvalue weighted by Crippen LogP contribution is -2.49. The third kappa shape index (κ3) is 3.92. The van der Waals surface area contributed by atoms with E-state index in [1.54, 1.807) is 6.26 Å². The summed E-state index contributed by atoms with van der Waals surface area (Å²) in [6.07, 6.45) is 2.96. The van der Waals surface area contributed by atoms with Crippen molar-refractivity contribution in [1.29, 1.82) is 0 Å². The van der Waals surface area contributed by atoms with Crippen molar-refractivity contribution in [3.63, 3.8) is 0 Å². The molecular weight excluding hydrogens is 338 g/mol. The van der Waals surface area contributed by atoms with Crippen LogP contribution in [-0.2, 0) is 16.1 Å². The lowest BCUT2D eigenvalue weighted by molar-refractivity contribution is -0.136. The van der Waals surface area contributed by atoms with Gasteiger partial charge < -0.3 is 20.2 Å². The van der Waals surface area contributed by atoms with Crippen LogP contribution < -0.4 is 11.1 Å². The number of halogens is 1. The van der Waals surface area contributed by atoms with E-state index >= 15 is 0 Å². The number of amides is 1.